The van der Waals surface area contributed by atoms with E-state index in [4.69, 9.17) is 0 Å². The zero-order valence-corrected chi connectivity index (χ0v) is 13.4. The van der Waals surface area contributed by atoms with Crippen LogP contribution in [0.5, 0.6) is 0 Å². The SMILES string of the molecule is CCc1cccc(CC)c1NCCC(=O)NC1CCCC1. The zero-order chi connectivity index (χ0) is 15.1. The van der Waals surface area contributed by atoms with Crippen LogP contribution in [0.1, 0.15) is 57.1 Å². The Labute approximate surface area is 128 Å². The van der Waals surface area contributed by atoms with Gasteiger partial charge >= 0.3 is 0 Å². The second-order valence-corrected chi connectivity index (χ2v) is 5.88. The lowest BCUT2D eigenvalue weighted by Gasteiger charge is -2.16. The molecule has 3 heteroatoms. The second kappa shape index (κ2) is 8.06. The van der Waals surface area contributed by atoms with Crippen molar-refractivity contribution in [2.75, 3.05) is 11.9 Å². The average molecular weight is 288 g/mol. The first-order valence-corrected chi connectivity index (χ1v) is 8.38. The summed E-state index contributed by atoms with van der Waals surface area (Å²) in [6.45, 7) is 5.06. The van der Waals surface area contributed by atoms with E-state index in [0.29, 0.717) is 19.0 Å². The van der Waals surface area contributed by atoms with E-state index in [0.717, 1.165) is 25.7 Å². The summed E-state index contributed by atoms with van der Waals surface area (Å²) in [4.78, 5) is 11.9. The monoisotopic (exact) mass is 288 g/mol. The fourth-order valence-corrected chi connectivity index (χ4v) is 3.14. The molecule has 1 aliphatic rings. The molecule has 0 spiro atoms. The molecular formula is C18H28N2O. The van der Waals surface area contributed by atoms with Gasteiger partial charge in [-0.05, 0) is 36.8 Å². The molecule has 1 aromatic rings. The van der Waals surface area contributed by atoms with Crippen molar-refractivity contribution in [3.63, 3.8) is 0 Å². The molecule has 0 saturated heterocycles. The summed E-state index contributed by atoms with van der Waals surface area (Å²) < 4.78 is 0. The fraction of sp³-hybridized carbons (Fsp3) is 0.611. The molecule has 0 unspecified atom stereocenters. The summed E-state index contributed by atoms with van der Waals surface area (Å²) >= 11 is 0. The highest BCUT2D eigenvalue weighted by atomic mass is 16.1. The van der Waals surface area contributed by atoms with Gasteiger partial charge in [0.05, 0.1) is 0 Å². The van der Waals surface area contributed by atoms with E-state index in [1.54, 1.807) is 0 Å². The van der Waals surface area contributed by atoms with Crippen molar-refractivity contribution in [3.05, 3.63) is 29.3 Å². The number of hydrogen-bond donors (Lipinski definition) is 2. The van der Waals surface area contributed by atoms with Gasteiger partial charge in [0, 0.05) is 24.7 Å². The van der Waals surface area contributed by atoms with Crippen LogP contribution in [0.3, 0.4) is 0 Å². The Morgan fingerprint density at radius 3 is 2.33 bits per heavy atom. The first-order valence-electron chi connectivity index (χ1n) is 8.38. The largest absolute Gasteiger partial charge is 0.384 e. The third kappa shape index (κ3) is 4.48. The first-order chi connectivity index (χ1) is 10.2. The van der Waals surface area contributed by atoms with Gasteiger partial charge in [-0.3, -0.25) is 4.79 Å². The Kier molecular flexibility index (Phi) is 6.09. The maximum atomic E-state index is 11.9. The highest BCUT2D eigenvalue weighted by molar-refractivity contribution is 5.77. The van der Waals surface area contributed by atoms with Crippen molar-refractivity contribution in [1.29, 1.82) is 0 Å². The lowest BCUT2D eigenvalue weighted by atomic mass is 10.0. The number of hydrogen-bond acceptors (Lipinski definition) is 2. The minimum absolute atomic E-state index is 0.182. The Morgan fingerprint density at radius 1 is 1.14 bits per heavy atom. The number of aryl methyl sites for hydroxylation is 2. The number of rotatable bonds is 7. The van der Waals surface area contributed by atoms with Gasteiger partial charge in [-0.25, -0.2) is 0 Å². The normalized spacial score (nSPS) is 15.1. The summed E-state index contributed by atoms with van der Waals surface area (Å²) in [6, 6.07) is 6.88. The lowest BCUT2D eigenvalue weighted by Crippen LogP contribution is -2.33. The van der Waals surface area contributed by atoms with Crippen LogP contribution < -0.4 is 10.6 Å². The van der Waals surface area contributed by atoms with Crippen LogP contribution in [-0.4, -0.2) is 18.5 Å². The topological polar surface area (TPSA) is 41.1 Å². The third-order valence-electron chi connectivity index (χ3n) is 4.37. The molecule has 0 aliphatic heterocycles. The van der Waals surface area contributed by atoms with Gasteiger partial charge < -0.3 is 10.6 Å². The number of nitrogens with one attached hydrogen (secondary N) is 2. The van der Waals surface area contributed by atoms with E-state index in [1.807, 2.05) is 0 Å². The van der Waals surface area contributed by atoms with Gasteiger partial charge in [0.25, 0.3) is 0 Å². The lowest BCUT2D eigenvalue weighted by molar-refractivity contribution is -0.121. The molecule has 1 saturated carbocycles. The van der Waals surface area contributed by atoms with Gasteiger partial charge in [-0.2, -0.15) is 0 Å². The second-order valence-electron chi connectivity index (χ2n) is 5.88. The van der Waals surface area contributed by atoms with Gasteiger partial charge in [0.2, 0.25) is 5.91 Å². The predicted octanol–water partition coefficient (Wildman–Crippen LogP) is 3.67. The number of carbonyl (C=O) groups is 1. The maximum absolute atomic E-state index is 11.9. The van der Waals surface area contributed by atoms with Crippen molar-refractivity contribution in [2.45, 2.75) is 64.8 Å². The number of anilines is 1. The molecule has 1 aliphatic carbocycles. The van der Waals surface area contributed by atoms with E-state index in [2.05, 4.69) is 42.7 Å². The Hall–Kier alpha value is -1.51. The summed E-state index contributed by atoms with van der Waals surface area (Å²) in [6.07, 6.45) is 7.40. The van der Waals surface area contributed by atoms with E-state index in [-0.39, 0.29) is 5.91 Å². The van der Waals surface area contributed by atoms with Crippen molar-refractivity contribution in [2.24, 2.45) is 0 Å². The number of carbonyl (C=O) groups excluding carboxylic acids is 1. The van der Waals surface area contributed by atoms with Crippen molar-refractivity contribution in [1.82, 2.24) is 5.32 Å². The van der Waals surface area contributed by atoms with Crippen LogP contribution >= 0.6 is 0 Å². The van der Waals surface area contributed by atoms with E-state index in [1.165, 1.54) is 29.7 Å². The van der Waals surface area contributed by atoms with Gasteiger partial charge in [0.15, 0.2) is 0 Å². The maximum Gasteiger partial charge on any atom is 0.221 e. The summed E-state index contributed by atoms with van der Waals surface area (Å²) in [5.41, 5.74) is 3.91. The summed E-state index contributed by atoms with van der Waals surface area (Å²) in [5.74, 6) is 0.182. The molecule has 1 fully saturated rings. The molecule has 1 amide bonds. The highest BCUT2D eigenvalue weighted by Gasteiger charge is 2.16. The van der Waals surface area contributed by atoms with Crippen LogP contribution in [0.15, 0.2) is 18.2 Å². The molecule has 3 nitrogen and oxygen atoms in total. The molecule has 2 rings (SSSR count). The minimum atomic E-state index is 0.182. The molecule has 0 radical (unpaired) electrons. The number of amides is 1. The molecule has 0 aromatic heterocycles. The Balaban J connectivity index is 1.83. The van der Waals surface area contributed by atoms with Crippen LogP contribution in [0.2, 0.25) is 0 Å². The van der Waals surface area contributed by atoms with Crippen molar-refractivity contribution >= 4 is 11.6 Å². The molecule has 0 bridgehead atoms. The highest BCUT2D eigenvalue weighted by Crippen LogP contribution is 2.22. The van der Waals surface area contributed by atoms with Crippen LogP contribution in [0.25, 0.3) is 0 Å². The smallest absolute Gasteiger partial charge is 0.221 e. The Bertz CT molecular complexity index is 442. The average Bonchev–Trinajstić information content (AvgIpc) is 3.00. The summed E-state index contributed by atoms with van der Waals surface area (Å²) in [5, 5.41) is 6.62. The molecule has 1 aromatic carbocycles. The molecule has 0 atom stereocenters. The third-order valence-corrected chi connectivity index (χ3v) is 4.37. The van der Waals surface area contributed by atoms with Crippen LogP contribution in [0.4, 0.5) is 5.69 Å². The predicted molar refractivity (Wildman–Crippen MR) is 88.7 cm³/mol. The molecule has 21 heavy (non-hydrogen) atoms. The standard InChI is InChI=1S/C18H28N2O/c1-3-14-8-7-9-15(4-2)18(14)19-13-12-17(21)20-16-10-5-6-11-16/h7-9,16,19H,3-6,10-13H2,1-2H3,(H,20,21). The van der Waals surface area contributed by atoms with E-state index < -0.39 is 0 Å². The molecule has 2 N–H and O–H groups in total. The fourth-order valence-electron chi connectivity index (χ4n) is 3.14. The van der Waals surface area contributed by atoms with Crippen molar-refractivity contribution in [3.8, 4) is 0 Å². The molecular weight excluding hydrogens is 260 g/mol. The number of benzene rings is 1. The van der Waals surface area contributed by atoms with Crippen molar-refractivity contribution < 1.29 is 4.79 Å². The van der Waals surface area contributed by atoms with Crippen LogP contribution in [0, 0.1) is 0 Å². The van der Waals surface area contributed by atoms with Crippen LogP contribution in [-0.2, 0) is 17.6 Å². The van der Waals surface area contributed by atoms with Gasteiger partial charge in [-0.15, -0.1) is 0 Å². The first kappa shape index (κ1) is 15.9. The minimum Gasteiger partial charge on any atom is -0.384 e. The van der Waals surface area contributed by atoms with E-state index in [9.17, 15) is 4.79 Å². The number of para-hydroxylation sites is 1. The summed E-state index contributed by atoms with van der Waals surface area (Å²) in [7, 11) is 0. The molecule has 116 valence electrons. The van der Waals surface area contributed by atoms with Gasteiger partial charge in [0.1, 0.15) is 0 Å². The molecule has 0 heterocycles. The zero-order valence-electron chi connectivity index (χ0n) is 13.4. The van der Waals surface area contributed by atoms with Gasteiger partial charge in [-0.1, -0.05) is 44.9 Å². The quantitative estimate of drug-likeness (QED) is 0.803. The van der Waals surface area contributed by atoms with E-state index >= 15 is 0 Å². The Morgan fingerprint density at radius 2 is 1.76 bits per heavy atom.